The predicted molar refractivity (Wildman–Crippen MR) is 79.9 cm³/mol. The summed E-state index contributed by atoms with van der Waals surface area (Å²) < 4.78 is 10.8. The van der Waals surface area contributed by atoms with E-state index in [1.165, 1.54) is 0 Å². The zero-order valence-corrected chi connectivity index (χ0v) is 11.2. The Morgan fingerprint density at radius 2 is 1.74 bits per heavy atom. The van der Waals surface area contributed by atoms with Crippen molar-refractivity contribution in [1.29, 1.82) is 0 Å². The predicted octanol–water partition coefficient (Wildman–Crippen LogP) is 3.14. The summed E-state index contributed by atoms with van der Waals surface area (Å²) in [7, 11) is 1.62. The van der Waals surface area contributed by atoms with Crippen LogP contribution in [0, 0.1) is 0 Å². The normalized spacial score (nSPS) is 9.74. The number of benzene rings is 2. The number of nitrogens with one attached hydrogen (secondary N) is 1. The van der Waals surface area contributed by atoms with Crippen LogP contribution in [0.25, 0.3) is 0 Å². The van der Waals surface area contributed by atoms with Gasteiger partial charge in [-0.15, -0.1) is 0 Å². The Bertz CT molecular complexity index is 570. The van der Waals surface area contributed by atoms with Crippen LogP contribution < -0.4 is 20.5 Å². The third-order valence-electron chi connectivity index (χ3n) is 2.40. The van der Waals surface area contributed by atoms with E-state index >= 15 is 0 Å². The van der Waals surface area contributed by atoms with E-state index in [0.29, 0.717) is 0 Å². The molecule has 3 N–H and O–H groups in total. The number of hydrogen-bond acceptors (Lipinski definition) is 3. The molecule has 0 bridgehead atoms. The van der Waals surface area contributed by atoms with Gasteiger partial charge in [-0.05, 0) is 48.6 Å². The van der Waals surface area contributed by atoms with Gasteiger partial charge in [0.1, 0.15) is 17.2 Å². The highest BCUT2D eigenvalue weighted by atomic mass is 32.1. The Labute approximate surface area is 117 Å². The molecule has 0 atom stereocenters. The standard InChI is InChI=1S/C14H14N2O2S/c1-17-12-3-2-4-13(9-12)18-11-7-5-10(6-8-11)16-14(15)19/h2-9H,1H3,(H3,15,16,19). The molecular formula is C14H14N2O2S. The van der Waals surface area contributed by atoms with E-state index in [1.807, 2.05) is 48.5 Å². The lowest BCUT2D eigenvalue weighted by atomic mass is 10.3. The second-order valence-corrected chi connectivity index (χ2v) is 4.23. The lowest BCUT2D eigenvalue weighted by molar-refractivity contribution is 0.409. The highest BCUT2D eigenvalue weighted by molar-refractivity contribution is 7.80. The Morgan fingerprint density at radius 3 is 2.37 bits per heavy atom. The number of hydrogen-bond donors (Lipinski definition) is 2. The summed E-state index contributed by atoms with van der Waals surface area (Å²) in [6.45, 7) is 0. The third kappa shape index (κ3) is 3.86. The van der Waals surface area contributed by atoms with Crippen LogP contribution in [-0.4, -0.2) is 12.2 Å². The van der Waals surface area contributed by atoms with E-state index < -0.39 is 0 Å². The molecule has 2 aromatic carbocycles. The van der Waals surface area contributed by atoms with Gasteiger partial charge < -0.3 is 20.5 Å². The molecule has 0 radical (unpaired) electrons. The van der Waals surface area contributed by atoms with Gasteiger partial charge in [-0.2, -0.15) is 0 Å². The van der Waals surface area contributed by atoms with Gasteiger partial charge in [0.25, 0.3) is 0 Å². The van der Waals surface area contributed by atoms with Crippen molar-refractivity contribution in [2.75, 3.05) is 12.4 Å². The molecule has 0 saturated heterocycles. The van der Waals surface area contributed by atoms with Crippen molar-refractivity contribution in [2.45, 2.75) is 0 Å². The molecule has 2 rings (SSSR count). The Hall–Kier alpha value is -2.27. The van der Waals surface area contributed by atoms with E-state index in [-0.39, 0.29) is 5.11 Å². The van der Waals surface area contributed by atoms with Gasteiger partial charge in [0.15, 0.2) is 5.11 Å². The molecule has 98 valence electrons. The van der Waals surface area contributed by atoms with Gasteiger partial charge in [-0.1, -0.05) is 6.07 Å². The minimum Gasteiger partial charge on any atom is -0.497 e. The second-order valence-electron chi connectivity index (χ2n) is 3.79. The van der Waals surface area contributed by atoms with E-state index in [1.54, 1.807) is 7.11 Å². The first-order valence-electron chi connectivity index (χ1n) is 5.66. The molecule has 0 heterocycles. The fraction of sp³-hybridized carbons (Fsp3) is 0.0714. The fourth-order valence-electron chi connectivity index (χ4n) is 1.55. The van der Waals surface area contributed by atoms with Crippen molar-refractivity contribution in [1.82, 2.24) is 0 Å². The van der Waals surface area contributed by atoms with Gasteiger partial charge in [-0.3, -0.25) is 0 Å². The molecule has 4 nitrogen and oxygen atoms in total. The molecule has 0 saturated carbocycles. The fourth-order valence-corrected chi connectivity index (χ4v) is 1.67. The first-order valence-corrected chi connectivity index (χ1v) is 6.06. The number of anilines is 1. The zero-order valence-electron chi connectivity index (χ0n) is 10.4. The lowest BCUT2D eigenvalue weighted by Crippen LogP contribution is -2.18. The molecule has 19 heavy (non-hydrogen) atoms. The molecule has 2 aromatic rings. The van der Waals surface area contributed by atoms with Crippen LogP contribution >= 0.6 is 12.2 Å². The minimum absolute atomic E-state index is 0.237. The molecule has 0 aliphatic carbocycles. The number of nitrogens with two attached hydrogens (primary N) is 1. The van der Waals surface area contributed by atoms with Crippen LogP contribution in [0.5, 0.6) is 17.2 Å². The maximum absolute atomic E-state index is 5.71. The molecule has 5 heteroatoms. The number of thiocarbonyl (C=S) groups is 1. The van der Waals surface area contributed by atoms with Crippen LogP contribution in [0.4, 0.5) is 5.69 Å². The third-order valence-corrected chi connectivity index (χ3v) is 2.50. The smallest absolute Gasteiger partial charge is 0.168 e. The van der Waals surface area contributed by atoms with Gasteiger partial charge in [0.05, 0.1) is 7.11 Å². The zero-order chi connectivity index (χ0) is 13.7. The van der Waals surface area contributed by atoms with Gasteiger partial charge in [0, 0.05) is 11.8 Å². The summed E-state index contributed by atoms with van der Waals surface area (Å²) >= 11 is 4.76. The second kappa shape index (κ2) is 6.06. The van der Waals surface area contributed by atoms with Crippen LogP contribution in [0.3, 0.4) is 0 Å². The van der Waals surface area contributed by atoms with Crippen LogP contribution in [0.1, 0.15) is 0 Å². The molecular weight excluding hydrogens is 260 g/mol. The maximum Gasteiger partial charge on any atom is 0.168 e. The van der Waals surface area contributed by atoms with Crippen molar-refractivity contribution < 1.29 is 9.47 Å². The highest BCUT2D eigenvalue weighted by Gasteiger charge is 2.00. The van der Waals surface area contributed by atoms with Crippen LogP contribution in [0.2, 0.25) is 0 Å². The number of ether oxygens (including phenoxy) is 2. The van der Waals surface area contributed by atoms with Crippen molar-refractivity contribution in [3.05, 3.63) is 48.5 Å². The summed E-state index contributed by atoms with van der Waals surface area (Å²) in [5.41, 5.74) is 6.22. The number of rotatable bonds is 4. The Kier molecular flexibility index (Phi) is 4.20. The van der Waals surface area contributed by atoms with Gasteiger partial charge in [-0.25, -0.2) is 0 Å². The lowest BCUT2D eigenvalue weighted by Gasteiger charge is -2.08. The van der Waals surface area contributed by atoms with E-state index in [9.17, 15) is 0 Å². The summed E-state index contributed by atoms with van der Waals surface area (Å²) in [5.74, 6) is 2.19. The average molecular weight is 274 g/mol. The molecule has 0 aromatic heterocycles. The summed E-state index contributed by atoms with van der Waals surface area (Å²) in [6, 6.07) is 14.8. The minimum atomic E-state index is 0.237. The largest absolute Gasteiger partial charge is 0.497 e. The van der Waals surface area contributed by atoms with Crippen LogP contribution in [0.15, 0.2) is 48.5 Å². The molecule has 0 fully saturated rings. The molecule has 0 unspecified atom stereocenters. The van der Waals surface area contributed by atoms with Crippen molar-refractivity contribution >= 4 is 23.0 Å². The van der Waals surface area contributed by atoms with E-state index in [0.717, 1.165) is 22.9 Å². The van der Waals surface area contributed by atoms with Gasteiger partial charge in [0.2, 0.25) is 0 Å². The Balaban J connectivity index is 2.08. The van der Waals surface area contributed by atoms with Crippen molar-refractivity contribution in [3.8, 4) is 17.2 Å². The summed E-state index contributed by atoms with van der Waals surface area (Å²) in [5, 5.41) is 3.09. The summed E-state index contributed by atoms with van der Waals surface area (Å²) in [4.78, 5) is 0. The van der Waals surface area contributed by atoms with Crippen molar-refractivity contribution in [2.24, 2.45) is 5.73 Å². The van der Waals surface area contributed by atoms with Crippen molar-refractivity contribution in [3.63, 3.8) is 0 Å². The SMILES string of the molecule is COc1cccc(Oc2ccc(NC(N)=S)cc2)c1. The first kappa shape index (κ1) is 13.2. The quantitative estimate of drug-likeness (QED) is 0.839. The first-order chi connectivity index (χ1) is 9.17. The van der Waals surface area contributed by atoms with Crippen LogP contribution in [-0.2, 0) is 0 Å². The molecule has 0 spiro atoms. The number of methoxy groups -OCH3 is 1. The molecule has 0 aliphatic heterocycles. The molecule has 0 amide bonds. The summed E-state index contributed by atoms with van der Waals surface area (Å²) in [6.07, 6.45) is 0. The monoisotopic (exact) mass is 274 g/mol. The van der Waals surface area contributed by atoms with Gasteiger partial charge >= 0.3 is 0 Å². The van der Waals surface area contributed by atoms with E-state index in [2.05, 4.69) is 5.32 Å². The highest BCUT2D eigenvalue weighted by Crippen LogP contribution is 2.25. The molecule has 0 aliphatic rings. The average Bonchev–Trinajstić information content (AvgIpc) is 2.41. The maximum atomic E-state index is 5.71. The Morgan fingerprint density at radius 1 is 1.05 bits per heavy atom. The van der Waals surface area contributed by atoms with E-state index in [4.69, 9.17) is 27.4 Å². The topological polar surface area (TPSA) is 56.5 Å².